The SMILES string of the molecule is CC(C)NCC1CCC1c1ccc(Cl)s1. The van der Waals surface area contributed by atoms with E-state index in [-0.39, 0.29) is 0 Å². The van der Waals surface area contributed by atoms with Gasteiger partial charge in [-0.1, -0.05) is 25.4 Å². The lowest BCUT2D eigenvalue weighted by Crippen LogP contribution is -2.36. The van der Waals surface area contributed by atoms with E-state index in [2.05, 4.69) is 25.2 Å². The molecule has 2 unspecified atom stereocenters. The van der Waals surface area contributed by atoms with E-state index in [1.54, 1.807) is 11.3 Å². The third-order valence-corrected chi connectivity index (χ3v) is 4.53. The maximum Gasteiger partial charge on any atom is 0.0931 e. The smallest absolute Gasteiger partial charge is 0.0931 e. The van der Waals surface area contributed by atoms with Crippen LogP contribution in [0, 0.1) is 5.92 Å². The van der Waals surface area contributed by atoms with Gasteiger partial charge in [0.25, 0.3) is 0 Å². The molecule has 1 N–H and O–H groups in total. The summed E-state index contributed by atoms with van der Waals surface area (Å²) in [5, 5.41) is 3.53. The highest BCUT2D eigenvalue weighted by Crippen LogP contribution is 2.45. The molecule has 3 heteroatoms. The molecule has 0 radical (unpaired) electrons. The van der Waals surface area contributed by atoms with Crippen LogP contribution in [0.15, 0.2) is 12.1 Å². The van der Waals surface area contributed by atoms with E-state index in [0.29, 0.717) is 6.04 Å². The summed E-state index contributed by atoms with van der Waals surface area (Å²) in [5.41, 5.74) is 0. The lowest BCUT2D eigenvalue weighted by Gasteiger charge is -2.36. The second-order valence-corrected chi connectivity index (χ2v) is 6.40. The van der Waals surface area contributed by atoms with Gasteiger partial charge < -0.3 is 5.32 Å². The quantitative estimate of drug-likeness (QED) is 0.846. The fourth-order valence-corrected chi connectivity index (χ4v) is 3.39. The molecule has 0 amide bonds. The molecular formula is C12H18ClNS. The summed E-state index contributed by atoms with van der Waals surface area (Å²) >= 11 is 7.71. The van der Waals surface area contributed by atoms with Crippen molar-refractivity contribution >= 4 is 22.9 Å². The van der Waals surface area contributed by atoms with Gasteiger partial charge in [0.1, 0.15) is 0 Å². The van der Waals surface area contributed by atoms with Gasteiger partial charge in [0.15, 0.2) is 0 Å². The highest BCUT2D eigenvalue weighted by molar-refractivity contribution is 7.16. The largest absolute Gasteiger partial charge is 0.314 e. The molecule has 0 aromatic carbocycles. The maximum absolute atomic E-state index is 5.96. The Kier molecular flexibility index (Phi) is 3.70. The molecule has 0 bridgehead atoms. The summed E-state index contributed by atoms with van der Waals surface area (Å²) in [5.74, 6) is 1.58. The van der Waals surface area contributed by atoms with Gasteiger partial charge in [-0.25, -0.2) is 0 Å². The van der Waals surface area contributed by atoms with Crippen LogP contribution in [0.3, 0.4) is 0 Å². The van der Waals surface area contributed by atoms with Crippen molar-refractivity contribution in [2.45, 2.75) is 38.6 Å². The second-order valence-electron chi connectivity index (χ2n) is 4.65. The third kappa shape index (κ3) is 2.74. The Bertz CT molecular complexity index is 321. The lowest BCUT2D eigenvalue weighted by atomic mass is 9.73. The van der Waals surface area contributed by atoms with Crippen molar-refractivity contribution in [3.63, 3.8) is 0 Å². The molecule has 0 spiro atoms. The van der Waals surface area contributed by atoms with Gasteiger partial charge in [-0.3, -0.25) is 0 Å². The molecule has 0 saturated heterocycles. The minimum atomic E-state index is 0.596. The van der Waals surface area contributed by atoms with Crippen LogP contribution in [0.5, 0.6) is 0 Å². The minimum Gasteiger partial charge on any atom is -0.314 e. The summed E-state index contributed by atoms with van der Waals surface area (Å²) in [6, 6.07) is 4.81. The molecule has 0 aliphatic heterocycles. The summed E-state index contributed by atoms with van der Waals surface area (Å²) in [7, 11) is 0. The Hall–Kier alpha value is -0.0500. The van der Waals surface area contributed by atoms with Crippen LogP contribution in [0.2, 0.25) is 4.34 Å². The van der Waals surface area contributed by atoms with Gasteiger partial charge in [0.05, 0.1) is 4.34 Å². The van der Waals surface area contributed by atoms with Crippen molar-refractivity contribution in [3.8, 4) is 0 Å². The molecule has 1 aliphatic carbocycles. The Labute approximate surface area is 101 Å². The van der Waals surface area contributed by atoms with Crippen molar-refractivity contribution in [1.82, 2.24) is 5.32 Å². The van der Waals surface area contributed by atoms with Crippen molar-refractivity contribution in [2.24, 2.45) is 5.92 Å². The molecule has 1 aromatic rings. The van der Waals surface area contributed by atoms with Gasteiger partial charge in [-0.05, 0) is 43.4 Å². The molecule has 1 nitrogen and oxygen atoms in total. The predicted molar refractivity (Wildman–Crippen MR) is 67.9 cm³/mol. The summed E-state index contributed by atoms with van der Waals surface area (Å²) < 4.78 is 0.924. The molecule has 2 atom stereocenters. The first kappa shape index (κ1) is 11.4. The fraction of sp³-hybridized carbons (Fsp3) is 0.667. The lowest BCUT2D eigenvalue weighted by molar-refractivity contribution is 0.244. The van der Waals surface area contributed by atoms with E-state index in [9.17, 15) is 0 Å². The Morgan fingerprint density at radius 3 is 2.73 bits per heavy atom. The average Bonchev–Trinajstić information content (AvgIpc) is 2.49. The molecule has 1 saturated carbocycles. The number of hydrogen-bond donors (Lipinski definition) is 1. The molecule has 84 valence electrons. The Morgan fingerprint density at radius 2 is 2.27 bits per heavy atom. The monoisotopic (exact) mass is 243 g/mol. The highest BCUT2D eigenvalue weighted by atomic mass is 35.5. The van der Waals surface area contributed by atoms with E-state index in [1.165, 1.54) is 17.7 Å². The van der Waals surface area contributed by atoms with Crippen LogP contribution in [-0.4, -0.2) is 12.6 Å². The zero-order valence-corrected chi connectivity index (χ0v) is 10.9. The molecule has 1 heterocycles. The molecule has 15 heavy (non-hydrogen) atoms. The van der Waals surface area contributed by atoms with Crippen LogP contribution < -0.4 is 5.32 Å². The Balaban J connectivity index is 1.89. The first-order chi connectivity index (χ1) is 7.16. The highest BCUT2D eigenvalue weighted by Gasteiger charge is 2.32. The first-order valence-corrected chi connectivity index (χ1v) is 6.85. The van der Waals surface area contributed by atoms with Crippen LogP contribution in [0.1, 0.15) is 37.5 Å². The van der Waals surface area contributed by atoms with Gasteiger partial charge >= 0.3 is 0 Å². The second kappa shape index (κ2) is 4.86. The van der Waals surface area contributed by atoms with Gasteiger partial charge in [-0.2, -0.15) is 0 Å². The number of thiophene rings is 1. The van der Waals surface area contributed by atoms with E-state index in [0.717, 1.165) is 22.7 Å². The number of hydrogen-bond acceptors (Lipinski definition) is 2. The van der Waals surface area contributed by atoms with E-state index in [1.807, 2.05) is 6.07 Å². The number of rotatable bonds is 4. The van der Waals surface area contributed by atoms with Crippen molar-refractivity contribution in [3.05, 3.63) is 21.3 Å². The molecule has 1 aromatic heterocycles. The Morgan fingerprint density at radius 1 is 1.47 bits per heavy atom. The summed E-state index contributed by atoms with van der Waals surface area (Å²) in [4.78, 5) is 1.47. The predicted octanol–water partition coefficient (Wildman–Crippen LogP) is 3.89. The topological polar surface area (TPSA) is 12.0 Å². The summed E-state index contributed by atoms with van der Waals surface area (Å²) in [6.45, 7) is 5.56. The first-order valence-electron chi connectivity index (χ1n) is 5.65. The molecular weight excluding hydrogens is 226 g/mol. The van der Waals surface area contributed by atoms with E-state index < -0.39 is 0 Å². The van der Waals surface area contributed by atoms with Gasteiger partial charge in [0, 0.05) is 10.9 Å². The van der Waals surface area contributed by atoms with Crippen molar-refractivity contribution < 1.29 is 0 Å². The number of nitrogens with one attached hydrogen (secondary N) is 1. The van der Waals surface area contributed by atoms with E-state index >= 15 is 0 Å². The maximum atomic E-state index is 5.96. The van der Waals surface area contributed by atoms with Crippen LogP contribution >= 0.6 is 22.9 Å². The minimum absolute atomic E-state index is 0.596. The van der Waals surface area contributed by atoms with Gasteiger partial charge in [-0.15, -0.1) is 11.3 Å². The van der Waals surface area contributed by atoms with Crippen LogP contribution in [0.4, 0.5) is 0 Å². The fourth-order valence-electron chi connectivity index (χ4n) is 2.10. The van der Waals surface area contributed by atoms with Crippen molar-refractivity contribution in [2.75, 3.05) is 6.54 Å². The molecule has 1 fully saturated rings. The summed E-state index contributed by atoms with van der Waals surface area (Å²) in [6.07, 6.45) is 2.70. The standard InChI is InChI=1S/C12H18ClNS/c1-8(2)14-7-9-3-4-10(9)11-5-6-12(13)15-11/h5-6,8-10,14H,3-4,7H2,1-2H3. The van der Waals surface area contributed by atoms with Gasteiger partial charge in [0.2, 0.25) is 0 Å². The zero-order chi connectivity index (χ0) is 10.8. The van der Waals surface area contributed by atoms with Crippen molar-refractivity contribution in [1.29, 1.82) is 0 Å². The zero-order valence-electron chi connectivity index (χ0n) is 9.29. The van der Waals surface area contributed by atoms with E-state index in [4.69, 9.17) is 11.6 Å². The normalized spacial score (nSPS) is 25.6. The third-order valence-electron chi connectivity index (χ3n) is 3.17. The average molecular weight is 244 g/mol. The number of halogens is 1. The van der Waals surface area contributed by atoms with Crippen LogP contribution in [-0.2, 0) is 0 Å². The van der Waals surface area contributed by atoms with Crippen LogP contribution in [0.25, 0.3) is 0 Å². The molecule has 2 rings (SSSR count). The molecule has 1 aliphatic rings.